The highest BCUT2D eigenvalue weighted by Crippen LogP contribution is 2.31. The van der Waals surface area contributed by atoms with Crippen molar-refractivity contribution in [2.45, 2.75) is 40.5 Å². The highest BCUT2D eigenvalue weighted by Gasteiger charge is 2.24. The number of benzene rings is 2. The van der Waals surface area contributed by atoms with Gasteiger partial charge in [-0.25, -0.2) is 9.79 Å². The lowest BCUT2D eigenvalue weighted by atomic mass is 10.0. The first-order valence-electron chi connectivity index (χ1n) is 10.4. The molecule has 0 bridgehead atoms. The number of esters is 2. The van der Waals surface area contributed by atoms with Crippen LogP contribution in [-0.2, 0) is 14.3 Å². The van der Waals surface area contributed by atoms with Gasteiger partial charge in [-0.1, -0.05) is 45.9 Å². The second-order valence-corrected chi connectivity index (χ2v) is 7.83. The molecule has 0 aliphatic carbocycles. The molecular formula is C25H27NO5. The van der Waals surface area contributed by atoms with Gasteiger partial charge in [0.05, 0.1) is 12.5 Å². The summed E-state index contributed by atoms with van der Waals surface area (Å²) < 4.78 is 16.4. The van der Waals surface area contributed by atoms with E-state index in [0.29, 0.717) is 29.6 Å². The van der Waals surface area contributed by atoms with Gasteiger partial charge in [0.15, 0.2) is 17.2 Å². The van der Waals surface area contributed by atoms with Crippen molar-refractivity contribution in [2.75, 3.05) is 6.61 Å². The van der Waals surface area contributed by atoms with Crippen molar-refractivity contribution in [3.05, 3.63) is 64.9 Å². The van der Waals surface area contributed by atoms with Crippen molar-refractivity contribution in [1.82, 2.24) is 0 Å². The Labute approximate surface area is 182 Å². The van der Waals surface area contributed by atoms with Crippen LogP contribution in [0.3, 0.4) is 0 Å². The Morgan fingerprint density at radius 3 is 2.39 bits per heavy atom. The van der Waals surface area contributed by atoms with E-state index >= 15 is 0 Å². The summed E-state index contributed by atoms with van der Waals surface area (Å²) in [4.78, 5) is 28.6. The molecule has 1 heterocycles. The number of cyclic esters (lactones) is 1. The van der Waals surface area contributed by atoms with E-state index in [0.717, 1.165) is 5.56 Å². The van der Waals surface area contributed by atoms with Gasteiger partial charge in [-0.2, -0.15) is 0 Å². The minimum atomic E-state index is -0.517. The van der Waals surface area contributed by atoms with Crippen molar-refractivity contribution < 1.29 is 23.8 Å². The van der Waals surface area contributed by atoms with Crippen LogP contribution in [0.4, 0.5) is 0 Å². The molecule has 0 saturated heterocycles. The van der Waals surface area contributed by atoms with Crippen LogP contribution in [0.2, 0.25) is 0 Å². The summed E-state index contributed by atoms with van der Waals surface area (Å²) in [5.41, 5.74) is 2.82. The number of aliphatic imine (C=N–C) groups is 1. The van der Waals surface area contributed by atoms with E-state index in [-0.39, 0.29) is 23.5 Å². The standard InChI is InChI=1S/C25H27NO5/c1-6-29-22-14-17(7-12-21(22)30-24(27)16(4)5)13-20-25(28)31-23(26-20)19-10-8-18(9-11-19)15(2)3/h7-16H,6H2,1-5H3/b20-13-. The van der Waals surface area contributed by atoms with Gasteiger partial charge in [-0.15, -0.1) is 0 Å². The molecule has 0 N–H and O–H groups in total. The normalized spacial score (nSPS) is 14.7. The van der Waals surface area contributed by atoms with E-state index in [1.54, 1.807) is 38.1 Å². The predicted octanol–water partition coefficient (Wildman–Crippen LogP) is 5.11. The highest BCUT2D eigenvalue weighted by molar-refractivity contribution is 6.12. The van der Waals surface area contributed by atoms with Gasteiger partial charge in [0.2, 0.25) is 5.90 Å². The van der Waals surface area contributed by atoms with Crippen LogP contribution >= 0.6 is 0 Å². The van der Waals surface area contributed by atoms with Crippen LogP contribution in [0.5, 0.6) is 11.5 Å². The Hall–Kier alpha value is -3.41. The SMILES string of the molecule is CCOc1cc(/C=C2\N=C(c3ccc(C(C)C)cc3)OC2=O)ccc1OC(=O)C(C)C. The lowest BCUT2D eigenvalue weighted by molar-refractivity contribution is -0.138. The van der Waals surface area contributed by atoms with Crippen molar-refractivity contribution in [3.63, 3.8) is 0 Å². The van der Waals surface area contributed by atoms with Crippen molar-refractivity contribution in [2.24, 2.45) is 10.9 Å². The number of hydrogen-bond acceptors (Lipinski definition) is 6. The molecule has 1 aliphatic heterocycles. The third-order valence-electron chi connectivity index (χ3n) is 4.70. The Bertz CT molecular complexity index is 1030. The topological polar surface area (TPSA) is 74.2 Å². The zero-order valence-corrected chi connectivity index (χ0v) is 18.5. The summed E-state index contributed by atoms with van der Waals surface area (Å²) in [6.45, 7) is 10.0. The lowest BCUT2D eigenvalue weighted by Crippen LogP contribution is -2.15. The first-order chi connectivity index (χ1) is 14.8. The van der Waals surface area contributed by atoms with E-state index in [1.807, 2.05) is 31.2 Å². The fraction of sp³-hybridized carbons (Fsp3) is 0.320. The molecule has 0 fully saturated rings. The molecule has 2 aromatic carbocycles. The van der Waals surface area contributed by atoms with Gasteiger partial charge in [0.25, 0.3) is 0 Å². The lowest BCUT2D eigenvalue weighted by Gasteiger charge is -2.12. The van der Waals surface area contributed by atoms with E-state index in [9.17, 15) is 9.59 Å². The van der Waals surface area contributed by atoms with Gasteiger partial charge in [-0.05, 0) is 54.3 Å². The summed E-state index contributed by atoms with van der Waals surface area (Å²) in [5.74, 6) is 0.336. The van der Waals surface area contributed by atoms with E-state index in [1.165, 1.54) is 5.56 Å². The van der Waals surface area contributed by atoms with E-state index in [2.05, 4.69) is 18.8 Å². The number of ether oxygens (including phenoxy) is 3. The zero-order chi connectivity index (χ0) is 22.5. The Kier molecular flexibility index (Phi) is 6.90. The first-order valence-corrected chi connectivity index (χ1v) is 10.4. The summed E-state index contributed by atoms with van der Waals surface area (Å²) in [6, 6.07) is 12.9. The first kappa shape index (κ1) is 22.3. The molecule has 0 saturated carbocycles. The fourth-order valence-corrected chi connectivity index (χ4v) is 2.89. The van der Waals surface area contributed by atoms with Crippen LogP contribution in [0.15, 0.2) is 53.2 Å². The minimum Gasteiger partial charge on any atom is -0.490 e. The van der Waals surface area contributed by atoms with Crippen LogP contribution < -0.4 is 9.47 Å². The number of carbonyl (C=O) groups is 2. The molecule has 1 aliphatic rings. The fourth-order valence-electron chi connectivity index (χ4n) is 2.89. The molecule has 0 radical (unpaired) electrons. The molecule has 0 unspecified atom stereocenters. The van der Waals surface area contributed by atoms with Crippen molar-refractivity contribution >= 4 is 23.9 Å². The maximum absolute atomic E-state index is 12.3. The van der Waals surface area contributed by atoms with E-state index in [4.69, 9.17) is 14.2 Å². The molecule has 162 valence electrons. The Morgan fingerprint density at radius 1 is 1.06 bits per heavy atom. The highest BCUT2D eigenvalue weighted by atomic mass is 16.6. The summed E-state index contributed by atoms with van der Waals surface area (Å²) in [7, 11) is 0. The van der Waals surface area contributed by atoms with E-state index < -0.39 is 5.97 Å². The second kappa shape index (κ2) is 9.60. The average molecular weight is 421 g/mol. The molecule has 2 aromatic rings. The van der Waals surface area contributed by atoms with Gasteiger partial charge >= 0.3 is 11.9 Å². The van der Waals surface area contributed by atoms with Gasteiger partial charge in [-0.3, -0.25) is 4.79 Å². The Balaban J connectivity index is 1.86. The number of rotatable bonds is 7. The van der Waals surface area contributed by atoms with Gasteiger partial charge < -0.3 is 14.2 Å². The Morgan fingerprint density at radius 2 is 1.77 bits per heavy atom. The number of carbonyl (C=O) groups excluding carboxylic acids is 2. The second-order valence-electron chi connectivity index (χ2n) is 7.83. The smallest absolute Gasteiger partial charge is 0.363 e. The van der Waals surface area contributed by atoms with Crippen molar-refractivity contribution in [1.29, 1.82) is 0 Å². The van der Waals surface area contributed by atoms with Crippen LogP contribution in [-0.4, -0.2) is 24.4 Å². The van der Waals surface area contributed by atoms with Gasteiger partial charge in [0.1, 0.15) is 0 Å². The van der Waals surface area contributed by atoms with Gasteiger partial charge in [0, 0.05) is 5.56 Å². The minimum absolute atomic E-state index is 0.192. The molecule has 0 aromatic heterocycles. The summed E-state index contributed by atoms with van der Waals surface area (Å²) >= 11 is 0. The van der Waals surface area contributed by atoms with Crippen LogP contribution in [0.25, 0.3) is 6.08 Å². The molecule has 6 heteroatoms. The molecule has 6 nitrogen and oxygen atoms in total. The molecule has 31 heavy (non-hydrogen) atoms. The van der Waals surface area contributed by atoms with Crippen molar-refractivity contribution in [3.8, 4) is 11.5 Å². The maximum Gasteiger partial charge on any atom is 0.363 e. The quantitative estimate of drug-likeness (QED) is 0.353. The zero-order valence-electron chi connectivity index (χ0n) is 18.5. The average Bonchev–Trinajstić information content (AvgIpc) is 3.10. The predicted molar refractivity (Wildman–Crippen MR) is 119 cm³/mol. The molecule has 3 rings (SSSR count). The molecular weight excluding hydrogens is 394 g/mol. The van der Waals surface area contributed by atoms with Crippen LogP contribution in [0, 0.1) is 5.92 Å². The monoisotopic (exact) mass is 421 g/mol. The number of hydrogen-bond donors (Lipinski definition) is 0. The third kappa shape index (κ3) is 5.40. The molecule has 0 spiro atoms. The number of nitrogens with zero attached hydrogens (tertiary/aromatic N) is 1. The molecule has 0 atom stereocenters. The molecule has 0 amide bonds. The maximum atomic E-state index is 12.3. The summed E-state index contributed by atoms with van der Waals surface area (Å²) in [6.07, 6.45) is 1.62. The summed E-state index contributed by atoms with van der Waals surface area (Å²) in [5, 5.41) is 0. The largest absolute Gasteiger partial charge is 0.490 e. The van der Waals surface area contributed by atoms with Crippen LogP contribution in [0.1, 0.15) is 57.2 Å². The third-order valence-corrected chi connectivity index (χ3v) is 4.70.